The molecule has 5 atom stereocenters. The Labute approximate surface area is 134 Å². The number of nitrogen functional groups attached to an aromatic ring is 1. The van der Waals surface area contributed by atoms with Gasteiger partial charge in [-0.15, -0.1) is 0 Å². The normalized spacial score (nSPS) is 29.2. The first kappa shape index (κ1) is 17.2. The van der Waals surface area contributed by atoms with E-state index in [2.05, 4.69) is 14.5 Å². The lowest BCUT2D eigenvalue weighted by molar-refractivity contribution is -0.160. The third-order valence-corrected chi connectivity index (χ3v) is 4.09. The first-order valence-corrected chi connectivity index (χ1v) is 8.22. The van der Waals surface area contributed by atoms with E-state index in [4.69, 9.17) is 20.3 Å². The van der Waals surface area contributed by atoms with Gasteiger partial charge in [-0.25, -0.2) is 14.5 Å². The van der Waals surface area contributed by atoms with Crippen molar-refractivity contribution in [2.24, 2.45) is 0 Å². The van der Waals surface area contributed by atoms with E-state index in [1.54, 1.807) is 6.07 Å². The molecule has 7 N–H and O–H groups in total. The lowest BCUT2D eigenvalue weighted by Gasteiger charge is -2.21. The minimum atomic E-state index is -5.01. The lowest BCUT2D eigenvalue weighted by atomic mass is 10.1. The second-order valence-electron chi connectivity index (χ2n) is 5.17. The second kappa shape index (κ2) is 6.02. The molecule has 1 fully saturated rings. The molecule has 0 aliphatic carbocycles. The summed E-state index contributed by atoms with van der Waals surface area (Å²) >= 11 is 0. The molecule has 0 spiro atoms. The van der Waals surface area contributed by atoms with E-state index >= 15 is 0 Å². The summed E-state index contributed by atoms with van der Waals surface area (Å²) in [4.78, 5) is 25.3. The molecule has 0 saturated carbocycles. The number of aliphatic hydroxyl groups excluding tert-OH is 3. The van der Waals surface area contributed by atoms with Crippen LogP contribution in [0.1, 0.15) is 6.23 Å². The van der Waals surface area contributed by atoms with E-state index in [1.165, 1.54) is 17.1 Å². The van der Waals surface area contributed by atoms with Crippen LogP contribution in [-0.4, -0.2) is 64.2 Å². The van der Waals surface area contributed by atoms with Crippen LogP contribution < -0.4 is 5.73 Å². The lowest BCUT2D eigenvalue weighted by Crippen LogP contribution is -2.39. The number of ether oxygens (including phenoxy) is 1. The van der Waals surface area contributed by atoms with Crippen molar-refractivity contribution in [3.63, 3.8) is 0 Å². The van der Waals surface area contributed by atoms with Crippen LogP contribution >= 0.6 is 7.82 Å². The Balaban J connectivity index is 1.89. The monoisotopic (exact) mass is 362 g/mol. The Bertz CT molecular complexity index is 793. The van der Waals surface area contributed by atoms with Gasteiger partial charge in [-0.3, -0.25) is 4.52 Å². The molecular formula is C11H15N4O8P. The van der Waals surface area contributed by atoms with Crippen molar-refractivity contribution in [1.82, 2.24) is 14.5 Å². The van der Waals surface area contributed by atoms with Gasteiger partial charge in [-0.2, -0.15) is 0 Å². The fourth-order valence-electron chi connectivity index (χ4n) is 2.54. The Morgan fingerprint density at radius 1 is 1.33 bits per heavy atom. The number of imidazole rings is 1. The quantitative estimate of drug-likeness (QED) is 0.262. The Kier molecular flexibility index (Phi) is 4.32. The van der Waals surface area contributed by atoms with E-state index in [-0.39, 0.29) is 5.82 Å². The molecule has 132 valence electrons. The highest BCUT2D eigenvalue weighted by molar-refractivity contribution is 7.46. The average molecular weight is 362 g/mol. The zero-order chi connectivity index (χ0) is 17.6. The molecule has 0 amide bonds. The SMILES string of the molecule is Nc1nccc2c1ncn2[C@@H]1O[C@H](C(O)OP(=O)(O)O)[C@@H](O)[C@@H]1O. The van der Waals surface area contributed by atoms with Gasteiger partial charge in [-0.1, -0.05) is 0 Å². The molecule has 13 heteroatoms. The molecule has 1 unspecified atom stereocenters. The highest BCUT2D eigenvalue weighted by Gasteiger charge is 2.49. The van der Waals surface area contributed by atoms with Gasteiger partial charge >= 0.3 is 7.82 Å². The number of nitrogens with zero attached hydrogens (tertiary/aromatic N) is 3. The molecule has 24 heavy (non-hydrogen) atoms. The van der Waals surface area contributed by atoms with Gasteiger partial charge < -0.3 is 40.1 Å². The summed E-state index contributed by atoms with van der Waals surface area (Å²) in [6, 6.07) is 1.55. The number of aromatic nitrogens is 3. The fraction of sp³-hybridized carbons (Fsp3) is 0.455. The molecule has 0 aromatic carbocycles. The van der Waals surface area contributed by atoms with Crippen LogP contribution in [0.15, 0.2) is 18.6 Å². The highest BCUT2D eigenvalue weighted by atomic mass is 31.2. The summed E-state index contributed by atoms with van der Waals surface area (Å²) in [5.41, 5.74) is 6.48. The zero-order valence-electron chi connectivity index (χ0n) is 11.9. The predicted molar refractivity (Wildman–Crippen MR) is 77.0 cm³/mol. The van der Waals surface area contributed by atoms with Crippen molar-refractivity contribution in [1.29, 1.82) is 0 Å². The van der Waals surface area contributed by atoms with E-state index in [1.807, 2.05) is 0 Å². The number of fused-ring (bicyclic) bond motifs is 1. The van der Waals surface area contributed by atoms with Crippen LogP contribution in [0.2, 0.25) is 0 Å². The maximum Gasteiger partial charge on any atom is 0.472 e. The van der Waals surface area contributed by atoms with E-state index in [0.29, 0.717) is 11.0 Å². The maximum absolute atomic E-state index is 10.8. The first-order valence-electron chi connectivity index (χ1n) is 6.69. The number of hydrogen-bond donors (Lipinski definition) is 6. The average Bonchev–Trinajstić information content (AvgIpc) is 3.01. The molecule has 1 saturated heterocycles. The van der Waals surface area contributed by atoms with E-state index < -0.39 is 38.7 Å². The van der Waals surface area contributed by atoms with Crippen molar-refractivity contribution in [2.75, 3.05) is 5.73 Å². The summed E-state index contributed by atoms with van der Waals surface area (Å²) < 4.78 is 21.6. The summed E-state index contributed by atoms with van der Waals surface area (Å²) in [5, 5.41) is 29.8. The van der Waals surface area contributed by atoms with Gasteiger partial charge in [0.1, 0.15) is 23.8 Å². The van der Waals surface area contributed by atoms with Gasteiger partial charge in [-0.05, 0) is 6.07 Å². The van der Waals surface area contributed by atoms with Crippen molar-refractivity contribution in [3.8, 4) is 0 Å². The molecule has 1 aliphatic heterocycles. The summed E-state index contributed by atoms with van der Waals surface area (Å²) in [7, 11) is -5.01. The summed E-state index contributed by atoms with van der Waals surface area (Å²) in [6.07, 6.45) is -5.40. The maximum atomic E-state index is 10.8. The van der Waals surface area contributed by atoms with Gasteiger partial charge in [0.05, 0.1) is 11.8 Å². The smallest absolute Gasteiger partial charge is 0.387 e. The predicted octanol–water partition coefficient (Wildman–Crippen LogP) is -1.94. The van der Waals surface area contributed by atoms with Crippen LogP contribution in [0.5, 0.6) is 0 Å². The van der Waals surface area contributed by atoms with Crippen LogP contribution in [0.25, 0.3) is 11.0 Å². The standard InChI is InChI=1S/C11H15N4O8P/c12-9-5-4(1-2-13-9)15(3-14-5)10-7(17)6(16)8(22-10)11(18)23-24(19,20)21/h1-3,6-8,10-11,16-18H,(H2,12,13)(H2,19,20,21)/t6-,7-,8-,10+,11?/m0/s1. The fourth-order valence-corrected chi connectivity index (χ4v) is 2.94. The molecule has 1 aliphatic rings. The topological polar surface area (TPSA) is 193 Å². The Morgan fingerprint density at radius 2 is 2.04 bits per heavy atom. The molecule has 12 nitrogen and oxygen atoms in total. The Morgan fingerprint density at radius 3 is 2.71 bits per heavy atom. The van der Waals surface area contributed by atoms with E-state index in [0.717, 1.165) is 0 Å². The molecule has 2 aromatic rings. The highest BCUT2D eigenvalue weighted by Crippen LogP contribution is 2.41. The number of anilines is 1. The minimum absolute atomic E-state index is 0.153. The second-order valence-corrected chi connectivity index (χ2v) is 6.37. The summed E-state index contributed by atoms with van der Waals surface area (Å²) in [5.74, 6) is 0.153. The van der Waals surface area contributed by atoms with Crippen LogP contribution in [0, 0.1) is 0 Å². The number of nitrogens with two attached hydrogens (primary N) is 1. The van der Waals surface area contributed by atoms with Crippen LogP contribution in [0.3, 0.4) is 0 Å². The molecule has 3 heterocycles. The molecule has 0 radical (unpaired) electrons. The molecule has 3 rings (SSSR count). The first-order chi connectivity index (χ1) is 11.2. The number of pyridine rings is 1. The third kappa shape index (κ3) is 3.01. The van der Waals surface area contributed by atoms with Gasteiger partial charge in [0, 0.05) is 6.20 Å². The number of rotatable bonds is 4. The van der Waals surface area contributed by atoms with Crippen molar-refractivity contribution >= 4 is 24.7 Å². The minimum Gasteiger partial charge on any atom is -0.387 e. The third-order valence-electron chi connectivity index (χ3n) is 3.60. The van der Waals surface area contributed by atoms with E-state index in [9.17, 15) is 19.9 Å². The van der Waals surface area contributed by atoms with Gasteiger partial charge in [0.2, 0.25) is 0 Å². The van der Waals surface area contributed by atoms with Crippen LogP contribution in [-0.2, 0) is 13.8 Å². The zero-order valence-corrected chi connectivity index (χ0v) is 12.8. The number of phosphoric acid groups is 1. The number of phosphoric ester groups is 1. The van der Waals surface area contributed by atoms with Crippen molar-refractivity contribution in [3.05, 3.63) is 18.6 Å². The van der Waals surface area contributed by atoms with Crippen molar-refractivity contribution in [2.45, 2.75) is 30.8 Å². The summed E-state index contributed by atoms with van der Waals surface area (Å²) in [6.45, 7) is 0. The molecular weight excluding hydrogens is 347 g/mol. The number of hydrogen-bond acceptors (Lipinski definition) is 9. The largest absolute Gasteiger partial charge is 0.472 e. The number of aliphatic hydroxyl groups is 3. The van der Waals surface area contributed by atoms with Gasteiger partial charge in [0.15, 0.2) is 18.3 Å². The molecule has 2 aromatic heterocycles. The Hall–Kier alpha value is -1.63. The molecule has 0 bridgehead atoms. The van der Waals surface area contributed by atoms with Gasteiger partial charge in [0.25, 0.3) is 0 Å². The van der Waals surface area contributed by atoms with Crippen LogP contribution in [0.4, 0.5) is 5.82 Å². The van der Waals surface area contributed by atoms with Crippen molar-refractivity contribution < 1.29 is 38.9 Å².